The number of nitrogens with one attached hydrogen (secondary N) is 2. The number of carbonyl (C=O) groups excluding carboxylic acids is 2. The van der Waals surface area contributed by atoms with Crippen molar-refractivity contribution in [3.63, 3.8) is 0 Å². The molecule has 8 nitrogen and oxygen atoms in total. The Kier molecular flexibility index (Phi) is 11.1. The second-order valence-corrected chi connectivity index (χ2v) is 11.1. The number of ether oxygens (including phenoxy) is 1. The summed E-state index contributed by atoms with van der Waals surface area (Å²) < 4.78 is 30.2. The molecule has 0 aliphatic carbocycles. The van der Waals surface area contributed by atoms with E-state index in [-0.39, 0.29) is 30.3 Å². The fourth-order valence-electron chi connectivity index (χ4n) is 3.74. The number of unbranched alkanes of at least 4 members (excludes halogenated alkanes) is 1. The van der Waals surface area contributed by atoms with Gasteiger partial charge in [-0.2, -0.15) is 0 Å². The first-order valence-corrected chi connectivity index (χ1v) is 13.7. The normalized spacial score (nSPS) is 21.4. The van der Waals surface area contributed by atoms with E-state index in [1.807, 2.05) is 31.2 Å². The van der Waals surface area contributed by atoms with Gasteiger partial charge in [0.1, 0.15) is 5.75 Å². The van der Waals surface area contributed by atoms with Crippen LogP contribution in [0, 0.1) is 5.92 Å². The van der Waals surface area contributed by atoms with Crippen LogP contribution in [0.25, 0.3) is 0 Å². The third-order valence-corrected chi connectivity index (χ3v) is 7.53. The minimum Gasteiger partial charge on any atom is -0.494 e. The largest absolute Gasteiger partial charge is 0.494 e. The molecule has 186 valence electrons. The SMILES string of the molecule is CCCCNC(=O)[C@H](C)C[C@H](O)[C@@H]1Cc2cccc(c2)OCCCCS(=O)(=O)CCC(=O)N1. The highest BCUT2D eigenvalue weighted by molar-refractivity contribution is 7.91. The fraction of sp³-hybridized carbons (Fsp3) is 0.667. The van der Waals surface area contributed by atoms with Crippen molar-refractivity contribution >= 4 is 21.7 Å². The van der Waals surface area contributed by atoms with Crippen LogP contribution in [-0.4, -0.2) is 62.1 Å². The maximum atomic E-state index is 12.6. The molecule has 1 aromatic rings. The Hall–Kier alpha value is -2.13. The Labute approximate surface area is 197 Å². The average molecular weight is 483 g/mol. The van der Waals surface area contributed by atoms with E-state index in [9.17, 15) is 23.1 Å². The number of rotatable bonds is 7. The van der Waals surface area contributed by atoms with Crippen LogP contribution in [0.4, 0.5) is 0 Å². The zero-order chi connectivity index (χ0) is 24.3. The third kappa shape index (κ3) is 10.1. The van der Waals surface area contributed by atoms with Gasteiger partial charge in [0, 0.05) is 18.9 Å². The number of sulfone groups is 1. The smallest absolute Gasteiger partial charge is 0.222 e. The minimum atomic E-state index is -3.34. The Bertz CT molecular complexity index is 873. The van der Waals surface area contributed by atoms with Gasteiger partial charge >= 0.3 is 0 Å². The molecular weight excluding hydrogens is 444 g/mol. The standard InChI is InChI=1S/C24H38N2O6S/c1-3-4-11-25-24(29)18(2)15-22(27)21-17-19-8-7-9-20(16-19)32-12-5-6-13-33(30,31)14-10-23(28)26-21/h7-9,16,18,21-22,27H,3-6,10-15,17H2,1-2H3,(H,25,29)(H,26,28)/t18-,21+,22+/m1/s1. The van der Waals surface area contributed by atoms with Gasteiger partial charge in [0.25, 0.3) is 0 Å². The summed E-state index contributed by atoms with van der Waals surface area (Å²) in [5.41, 5.74) is 0.874. The summed E-state index contributed by atoms with van der Waals surface area (Å²) in [6, 6.07) is 6.77. The topological polar surface area (TPSA) is 122 Å². The first-order chi connectivity index (χ1) is 15.7. The quantitative estimate of drug-likeness (QED) is 0.511. The molecule has 2 amide bonds. The number of carbonyl (C=O) groups is 2. The molecule has 1 aliphatic heterocycles. The average Bonchev–Trinajstić information content (AvgIpc) is 2.77. The molecule has 1 aromatic carbocycles. The molecule has 2 bridgehead atoms. The maximum absolute atomic E-state index is 12.6. The summed E-state index contributed by atoms with van der Waals surface area (Å²) in [6.07, 6.45) is 2.33. The van der Waals surface area contributed by atoms with Crippen LogP contribution in [-0.2, 0) is 25.8 Å². The van der Waals surface area contributed by atoms with Gasteiger partial charge < -0.3 is 20.5 Å². The lowest BCUT2D eigenvalue weighted by atomic mass is 9.93. The summed E-state index contributed by atoms with van der Waals surface area (Å²) in [5, 5.41) is 16.6. The molecule has 2 rings (SSSR count). The van der Waals surface area contributed by atoms with Crippen molar-refractivity contribution in [3.8, 4) is 5.75 Å². The highest BCUT2D eigenvalue weighted by Gasteiger charge is 2.27. The Balaban J connectivity index is 2.14. The minimum absolute atomic E-state index is 0.0143. The lowest BCUT2D eigenvalue weighted by Crippen LogP contribution is -2.46. The van der Waals surface area contributed by atoms with Crippen molar-refractivity contribution in [1.29, 1.82) is 0 Å². The molecule has 33 heavy (non-hydrogen) atoms. The lowest BCUT2D eigenvalue weighted by molar-refractivity contribution is -0.125. The second kappa shape index (κ2) is 13.5. The fourth-order valence-corrected chi connectivity index (χ4v) is 5.08. The van der Waals surface area contributed by atoms with Crippen molar-refractivity contribution < 1.29 is 27.9 Å². The molecule has 0 radical (unpaired) electrons. The molecule has 0 aromatic heterocycles. The second-order valence-electron chi connectivity index (χ2n) is 8.83. The Morgan fingerprint density at radius 3 is 2.85 bits per heavy atom. The Morgan fingerprint density at radius 2 is 2.09 bits per heavy atom. The summed E-state index contributed by atoms with van der Waals surface area (Å²) in [7, 11) is -3.34. The van der Waals surface area contributed by atoms with Gasteiger partial charge in [-0.15, -0.1) is 0 Å². The van der Waals surface area contributed by atoms with Gasteiger partial charge in [-0.3, -0.25) is 9.59 Å². The molecule has 0 spiro atoms. The highest BCUT2D eigenvalue weighted by atomic mass is 32.2. The van der Waals surface area contributed by atoms with Crippen LogP contribution in [0.3, 0.4) is 0 Å². The summed E-state index contributed by atoms with van der Waals surface area (Å²) in [6.45, 7) is 4.80. The molecule has 3 atom stereocenters. The van der Waals surface area contributed by atoms with Crippen molar-refractivity contribution in [3.05, 3.63) is 29.8 Å². The van der Waals surface area contributed by atoms with E-state index < -0.39 is 33.8 Å². The molecule has 1 aliphatic rings. The summed E-state index contributed by atoms with van der Waals surface area (Å²) in [4.78, 5) is 24.9. The lowest BCUT2D eigenvalue weighted by Gasteiger charge is -2.26. The number of amides is 2. The van der Waals surface area contributed by atoms with E-state index in [0.717, 1.165) is 18.4 Å². The van der Waals surface area contributed by atoms with E-state index >= 15 is 0 Å². The van der Waals surface area contributed by atoms with Gasteiger partial charge in [0.05, 0.1) is 30.3 Å². The van der Waals surface area contributed by atoms with Crippen LogP contribution in [0.15, 0.2) is 24.3 Å². The number of aliphatic hydroxyl groups excluding tert-OH is 1. The molecule has 0 saturated heterocycles. The van der Waals surface area contributed by atoms with Gasteiger partial charge in [-0.25, -0.2) is 8.42 Å². The first-order valence-electron chi connectivity index (χ1n) is 11.9. The number of benzene rings is 1. The zero-order valence-electron chi connectivity index (χ0n) is 19.7. The number of hydrogen-bond donors (Lipinski definition) is 3. The first kappa shape index (κ1) is 27.1. The van der Waals surface area contributed by atoms with Crippen LogP contribution in [0.1, 0.15) is 57.9 Å². The number of hydrogen-bond acceptors (Lipinski definition) is 6. The third-order valence-electron chi connectivity index (χ3n) is 5.80. The zero-order valence-corrected chi connectivity index (χ0v) is 20.5. The molecule has 1 heterocycles. The molecular formula is C24H38N2O6S. The van der Waals surface area contributed by atoms with E-state index in [0.29, 0.717) is 38.2 Å². The van der Waals surface area contributed by atoms with Gasteiger partial charge in [-0.05, 0) is 49.8 Å². The van der Waals surface area contributed by atoms with E-state index in [1.54, 1.807) is 6.92 Å². The monoisotopic (exact) mass is 482 g/mol. The number of aliphatic hydroxyl groups is 1. The van der Waals surface area contributed by atoms with Crippen LogP contribution in [0.2, 0.25) is 0 Å². The Morgan fingerprint density at radius 1 is 1.30 bits per heavy atom. The van der Waals surface area contributed by atoms with Crippen molar-refractivity contribution in [2.75, 3.05) is 24.7 Å². The molecule has 0 unspecified atom stereocenters. The predicted octanol–water partition coefficient (Wildman–Crippen LogP) is 1.99. The summed E-state index contributed by atoms with van der Waals surface area (Å²) >= 11 is 0. The van der Waals surface area contributed by atoms with Crippen LogP contribution < -0.4 is 15.4 Å². The highest BCUT2D eigenvalue weighted by Crippen LogP contribution is 2.19. The number of fused-ring (bicyclic) bond motifs is 2. The summed E-state index contributed by atoms with van der Waals surface area (Å²) in [5.74, 6) is -0.543. The van der Waals surface area contributed by atoms with Crippen molar-refractivity contribution in [1.82, 2.24) is 10.6 Å². The van der Waals surface area contributed by atoms with Gasteiger partial charge in [0.15, 0.2) is 9.84 Å². The molecule has 0 saturated carbocycles. The van der Waals surface area contributed by atoms with Gasteiger partial charge in [-0.1, -0.05) is 32.4 Å². The van der Waals surface area contributed by atoms with E-state index in [1.165, 1.54) is 0 Å². The van der Waals surface area contributed by atoms with E-state index in [4.69, 9.17) is 4.74 Å². The van der Waals surface area contributed by atoms with Gasteiger partial charge in [0.2, 0.25) is 11.8 Å². The predicted molar refractivity (Wildman–Crippen MR) is 128 cm³/mol. The van der Waals surface area contributed by atoms with Crippen molar-refractivity contribution in [2.45, 2.75) is 70.9 Å². The molecule has 0 fully saturated rings. The molecule has 3 N–H and O–H groups in total. The van der Waals surface area contributed by atoms with Crippen LogP contribution >= 0.6 is 0 Å². The molecule has 9 heteroatoms. The van der Waals surface area contributed by atoms with Crippen LogP contribution in [0.5, 0.6) is 5.75 Å². The van der Waals surface area contributed by atoms with E-state index in [2.05, 4.69) is 10.6 Å². The maximum Gasteiger partial charge on any atom is 0.222 e. The van der Waals surface area contributed by atoms with Crippen molar-refractivity contribution in [2.24, 2.45) is 5.92 Å².